The summed E-state index contributed by atoms with van der Waals surface area (Å²) in [7, 11) is 0.545. The zero-order chi connectivity index (χ0) is 23.1. The smallest absolute Gasteiger partial charge is 0.264 e. The molecule has 0 fully saturated rings. The maximum Gasteiger partial charge on any atom is 0.264 e. The van der Waals surface area contributed by atoms with Crippen LogP contribution in [0, 0.1) is 0 Å². The minimum atomic E-state index is -3.83. The highest BCUT2D eigenvalue weighted by Gasteiger charge is 2.23. The number of furan rings is 1. The number of nitrogens with zero attached hydrogens (tertiary/aromatic N) is 1. The van der Waals surface area contributed by atoms with Crippen molar-refractivity contribution in [3.8, 4) is 11.5 Å². The van der Waals surface area contributed by atoms with E-state index in [0.29, 0.717) is 29.3 Å². The van der Waals surface area contributed by atoms with Crippen LogP contribution in [0.25, 0.3) is 0 Å². The lowest BCUT2D eigenvalue weighted by atomic mass is 10.2. The number of anilines is 1. The Labute approximate surface area is 187 Å². The lowest BCUT2D eigenvalue weighted by molar-refractivity contribution is 0.0953. The Morgan fingerprint density at radius 1 is 1.03 bits per heavy atom. The van der Waals surface area contributed by atoms with E-state index in [9.17, 15) is 13.2 Å². The van der Waals surface area contributed by atoms with Crippen LogP contribution in [0.1, 0.15) is 22.5 Å². The van der Waals surface area contributed by atoms with Crippen LogP contribution < -0.4 is 19.1 Å². The van der Waals surface area contributed by atoms with Gasteiger partial charge in [0, 0.05) is 31.6 Å². The number of benzene rings is 2. The average molecular weight is 459 g/mol. The van der Waals surface area contributed by atoms with Gasteiger partial charge in [-0.25, -0.2) is 8.42 Å². The number of aryl methyl sites for hydroxylation is 1. The standard InChI is InChI=1S/C23H26N2O6S/c1-25(32(27,28)20-12-13-21(29-2)22(16-20)30-3)18-10-8-17(9-11-18)23(26)24-14-4-6-19-7-5-15-31-19/h5,7-13,15-16H,4,6,14H2,1-3H3,(H,24,26). The van der Waals surface area contributed by atoms with Gasteiger partial charge in [0.15, 0.2) is 11.5 Å². The first kappa shape index (κ1) is 23.2. The van der Waals surface area contributed by atoms with Crippen molar-refractivity contribution in [2.24, 2.45) is 0 Å². The molecule has 1 aromatic heterocycles. The van der Waals surface area contributed by atoms with Gasteiger partial charge in [0.05, 0.1) is 31.1 Å². The molecule has 0 aliphatic rings. The first-order valence-corrected chi connectivity index (χ1v) is 11.4. The zero-order valence-corrected chi connectivity index (χ0v) is 19.0. The van der Waals surface area contributed by atoms with E-state index < -0.39 is 10.0 Å². The van der Waals surface area contributed by atoms with Crippen LogP contribution in [-0.2, 0) is 16.4 Å². The molecule has 1 N–H and O–H groups in total. The molecule has 3 rings (SSSR count). The van der Waals surface area contributed by atoms with Gasteiger partial charge < -0.3 is 19.2 Å². The van der Waals surface area contributed by atoms with E-state index in [1.165, 1.54) is 33.4 Å². The van der Waals surface area contributed by atoms with Crippen molar-refractivity contribution in [3.63, 3.8) is 0 Å². The lowest BCUT2D eigenvalue weighted by Gasteiger charge is -2.20. The Morgan fingerprint density at radius 2 is 1.75 bits per heavy atom. The van der Waals surface area contributed by atoms with E-state index >= 15 is 0 Å². The highest BCUT2D eigenvalue weighted by atomic mass is 32.2. The molecule has 0 spiro atoms. The second-order valence-electron chi connectivity index (χ2n) is 6.98. The van der Waals surface area contributed by atoms with Gasteiger partial charge in [0.25, 0.3) is 15.9 Å². The van der Waals surface area contributed by atoms with Crippen LogP contribution in [0.15, 0.2) is 70.2 Å². The molecule has 0 bridgehead atoms. The number of ether oxygens (including phenoxy) is 2. The van der Waals surface area contributed by atoms with Crippen molar-refractivity contribution in [1.82, 2.24) is 5.32 Å². The highest BCUT2D eigenvalue weighted by Crippen LogP contribution is 2.31. The molecule has 0 radical (unpaired) electrons. The predicted molar refractivity (Wildman–Crippen MR) is 121 cm³/mol. The van der Waals surface area contributed by atoms with Gasteiger partial charge in [-0.2, -0.15) is 0 Å². The van der Waals surface area contributed by atoms with Crippen molar-refractivity contribution in [1.29, 1.82) is 0 Å². The van der Waals surface area contributed by atoms with Gasteiger partial charge >= 0.3 is 0 Å². The largest absolute Gasteiger partial charge is 0.493 e. The van der Waals surface area contributed by atoms with Gasteiger partial charge in [-0.05, 0) is 55.0 Å². The molecule has 1 amide bonds. The summed E-state index contributed by atoms with van der Waals surface area (Å²) in [5, 5.41) is 2.85. The molecule has 0 atom stereocenters. The van der Waals surface area contributed by atoms with Crippen LogP contribution in [0.3, 0.4) is 0 Å². The van der Waals surface area contributed by atoms with E-state index in [2.05, 4.69) is 5.32 Å². The van der Waals surface area contributed by atoms with E-state index in [1.54, 1.807) is 36.6 Å². The van der Waals surface area contributed by atoms with Crippen LogP contribution in [0.2, 0.25) is 0 Å². The van der Waals surface area contributed by atoms with Crippen molar-refractivity contribution in [2.75, 3.05) is 32.1 Å². The van der Waals surface area contributed by atoms with E-state index in [0.717, 1.165) is 22.9 Å². The summed E-state index contributed by atoms with van der Waals surface area (Å²) in [5.74, 6) is 1.42. The van der Waals surface area contributed by atoms with E-state index in [-0.39, 0.29) is 10.8 Å². The third-order valence-corrected chi connectivity index (χ3v) is 6.75. The van der Waals surface area contributed by atoms with Crippen LogP contribution in [-0.4, -0.2) is 42.1 Å². The first-order chi connectivity index (χ1) is 15.4. The third-order valence-electron chi connectivity index (χ3n) is 4.97. The first-order valence-electron chi connectivity index (χ1n) is 9.98. The number of carbonyl (C=O) groups excluding carboxylic acids is 1. The van der Waals surface area contributed by atoms with Crippen LogP contribution in [0.5, 0.6) is 11.5 Å². The van der Waals surface area contributed by atoms with E-state index in [4.69, 9.17) is 13.9 Å². The molecule has 0 unspecified atom stereocenters. The number of carbonyl (C=O) groups is 1. The third kappa shape index (κ3) is 5.23. The van der Waals surface area contributed by atoms with Gasteiger partial charge in [-0.1, -0.05) is 0 Å². The fourth-order valence-electron chi connectivity index (χ4n) is 3.12. The minimum Gasteiger partial charge on any atom is -0.493 e. The molecule has 8 nitrogen and oxygen atoms in total. The molecule has 3 aromatic rings. The summed E-state index contributed by atoms with van der Waals surface area (Å²) in [6, 6.07) is 14.5. The SMILES string of the molecule is COc1ccc(S(=O)(=O)N(C)c2ccc(C(=O)NCCCc3ccco3)cc2)cc1OC. The summed E-state index contributed by atoms with van der Waals surface area (Å²) in [4.78, 5) is 12.4. The number of rotatable bonds is 10. The van der Waals surface area contributed by atoms with E-state index in [1.807, 2.05) is 12.1 Å². The summed E-state index contributed by atoms with van der Waals surface area (Å²) in [5.41, 5.74) is 0.873. The lowest BCUT2D eigenvalue weighted by Crippen LogP contribution is -2.27. The Morgan fingerprint density at radius 3 is 2.38 bits per heavy atom. The van der Waals surface area contributed by atoms with Gasteiger partial charge in [0.2, 0.25) is 0 Å². The molecule has 32 heavy (non-hydrogen) atoms. The van der Waals surface area contributed by atoms with Gasteiger partial charge in [-0.15, -0.1) is 0 Å². The monoisotopic (exact) mass is 458 g/mol. The summed E-state index contributed by atoms with van der Waals surface area (Å²) >= 11 is 0. The molecule has 0 aliphatic heterocycles. The second kappa shape index (κ2) is 10.2. The number of hydrogen-bond acceptors (Lipinski definition) is 6. The van der Waals surface area contributed by atoms with Crippen molar-refractivity contribution < 1.29 is 27.1 Å². The normalized spacial score (nSPS) is 11.1. The molecule has 1 heterocycles. The Bertz CT molecular complexity index is 1140. The quantitative estimate of drug-likeness (QED) is 0.467. The number of nitrogens with one attached hydrogen (secondary N) is 1. The molecular weight excluding hydrogens is 432 g/mol. The van der Waals surface area contributed by atoms with Gasteiger partial charge in [0.1, 0.15) is 5.76 Å². The summed E-state index contributed by atoms with van der Waals surface area (Å²) in [6.07, 6.45) is 3.12. The molecule has 2 aromatic carbocycles. The molecular formula is C23H26N2O6S. The Hall–Kier alpha value is -3.46. The average Bonchev–Trinajstić information content (AvgIpc) is 3.34. The Balaban J connectivity index is 1.64. The molecule has 0 aliphatic carbocycles. The van der Waals surface area contributed by atoms with Crippen molar-refractivity contribution >= 4 is 21.6 Å². The van der Waals surface area contributed by atoms with Crippen molar-refractivity contribution in [2.45, 2.75) is 17.7 Å². The molecule has 170 valence electrons. The molecule has 9 heteroatoms. The second-order valence-corrected chi connectivity index (χ2v) is 8.94. The summed E-state index contributed by atoms with van der Waals surface area (Å²) < 4.78 is 42.8. The molecule has 0 saturated carbocycles. The predicted octanol–water partition coefficient (Wildman–Crippen LogP) is 3.48. The van der Waals surface area contributed by atoms with Gasteiger partial charge in [-0.3, -0.25) is 9.10 Å². The maximum absolute atomic E-state index is 13.0. The highest BCUT2D eigenvalue weighted by molar-refractivity contribution is 7.92. The topological polar surface area (TPSA) is 98.1 Å². The number of amides is 1. The fraction of sp³-hybridized carbons (Fsp3) is 0.261. The minimum absolute atomic E-state index is 0.0658. The summed E-state index contributed by atoms with van der Waals surface area (Å²) in [6.45, 7) is 0.509. The number of sulfonamides is 1. The maximum atomic E-state index is 13.0. The Kier molecular flexibility index (Phi) is 7.42. The van der Waals surface area contributed by atoms with Crippen LogP contribution >= 0.6 is 0 Å². The zero-order valence-electron chi connectivity index (χ0n) is 18.2. The van der Waals surface area contributed by atoms with Crippen LogP contribution in [0.4, 0.5) is 5.69 Å². The van der Waals surface area contributed by atoms with Crippen molar-refractivity contribution in [3.05, 3.63) is 72.2 Å². The number of hydrogen-bond donors (Lipinski definition) is 1. The molecule has 0 saturated heterocycles. The number of methoxy groups -OCH3 is 2. The fourth-order valence-corrected chi connectivity index (χ4v) is 4.33.